The van der Waals surface area contributed by atoms with Gasteiger partial charge in [-0.25, -0.2) is 9.18 Å². The van der Waals surface area contributed by atoms with Gasteiger partial charge in [-0.1, -0.05) is 24.3 Å². The third kappa shape index (κ3) is 3.05. The van der Waals surface area contributed by atoms with Gasteiger partial charge in [-0.05, 0) is 48.6 Å². The summed E-state index contributed by atoms with van der Waals surface area (Å²) in [7, 11) is 0. The number of hydrogen-bond acceptors (Lipinski definition) is 2. The van der Waals surface area contributed by atoms with E-state index in [0.717, 1.165) is 18.4 Å². The number of rotatable bonds is 5. The topological polar surface area (TPSA) is 49.3 Å². The molecule has 1 aliphatic carbocycles. The maximum absolute atomic E-state index is 13.1. The van der Waals surface area contributed by atoms with Crippen LogP contribution in [0.5, 0.6) is 0 Å². The molecule has 3 rings (SSSR count). The lowest BCUT2D eigenvalue weighted by Gasteiger charge is -2.21. The molecular weight excluding hydrogens is 269 g/mol. The number of anilines is 1. The second-order valence-electron chi connectivity index (χ2n) is 5.36. The number of aromatic carboxylic acids is 1. The van der Waals surface area contributed by atoms with Crippen LogP contribution in [0.15, 0.2) is 48.5 Å². The summed E-state index contributed by atoms with van der Waals surface area (Å²) in [6.07, 6.45) is 2.20. The molecule has 0 saturated heterocycles. The van der Waals surface area contributed by atoms with Crippen molar-refractivity contribution in [3.8, 4) is 0 Å². The van der Waals surface area contributed by atoms with Gasteiger partial charge in [0.15, 0.2) is 0 Å². The van der Waals surface area contributed by atoms with E-state index in [4.69, 9.17) is 0 Å². The number of carboxylic acids is 1. The van der Waals surface area contributed by atoms with Crippen molar-refractivity contribution in [1.82, 2.24) is 0 Å². The van der Waals surface area contributed by atoms with Crippen molar-refractivity contribution < 1.29 is 14.3 Å². The molecule has 0 radical (unpaired) electrons. The molecule has 0 amide bonds. The van der Waals surface area contributed by atoms with Crippen molar-refractivity contribution in [2.45, 2.75) is 18.9 Å². The van der Waals surface area contributed by atoms with Crippen molar-refractivity contribution in [2.24, 2.45) is 5.92 Å². The van der Waals surface area contributed by atoms with Crippen LogP contribution in [0.1, 0.15) is 34.8 Å². The van der Waals surface area contributed by atoms with E-state index < -0.39 is 5.97 Å². The van der Waals surface area contributed by atoms with Gasteiger partial charge in [0, 0.05) is 5.69 Å². The number of hydrogen-bond donors (Lipinski definition) is 2. The van der Waals surface area contributed by atoms with Crippen LogP contribution in [-0.2, 0) is 0 Å². The van der Waals surface area contributed by atoms with Gasteiger partial charge in [0.05, 0.1) is 11.6 Å². The summed E-state index contributed by atoms with van der Waals surface area (Å²) in [6, 6.07) is 13.3. The van der Waals surface area contributed by atoms with Crippen molar-refractivity contribution in [3.63, 3.8) is 0 Å². The second-order valence-corrected chi connectivity index (χ2v) is 5.36. The van der Waals surface area contributed by atoms with Gasteiger partial charge in [0.25, 0.3) is 0 Å². The largest absolute Gasteiger partial charge is 0.478 e. The number of benzene rings is 2. The number of halogens is 1. The Balaban J connectivity index is 1.90. The SMILES string of the molecule is O=C(O)c1ccccc1NC(c1ccc(F)cc1)C1CC1. The summed E-state index contributed by atoms with van der Waals surface area (Å²) < 4.78 is 13.1. The van der Waals surface area contributed by atoms with Gasteiger partial charge in [-0.3, -0.25) is 0 Å². The van der Waals surface area contributed by atoms with E-state index >= 15 is 0 Å². The molecule has 21 heavy (non-hydrogen) atoms. The van der Waals surface area contributed by atoms with Crippen molar-refractivity contribution >= 4 is 11.7 Å². The molecule has 0 spiro atoms. The number of carbonyl (C=O) groups is 1. The normalized spacial score (nSPS) is 15.5. The average molecular weight is 285 g/mol. The monoisotopic (exact) mass is 285 g/mol. The highest BCUT2D eigenvalue weighted by molar-refractivity contribution is 5.94. The predicted octanol–water partition coefficient (Wildman–Crippen LogP) is 4.09. The van der Waals surface area contributed by atoms with Crippen LogP contribution in [0.4, 0.5) is 10.1 Å². The highest BCUT2D eigenvalue weighted by atomic mass is 19.1. The zero-order valence-corrected chi connectivity index (χ0v) is 11.4. The molecule has 108 valence electrons. The van der Waals surface area contributed by atoms with Crippen molar-refractivity contribution in [3.05, 3.63) is 65.5 Å². The molecule has 4 heteroatoms. The van der Waals surface area contributed by atoms with Crippen LogP contribution in [0, 0.1) is 11.7 Å². The summed E-state index contributed by atoms with van der Waals surface area (Å²) in [6.45, 7) is 0. The molecule has 1 unspecified atom stereocenters. The third-order valence-electron chi connectivity index (χ3n) is 3.79. The first-order valence-electron chi connectivity index (χ1n) is 6.99. The van der Waals surface area contributed by atoms with E-state index in [1.165, 1.54) is 12.1 Å². The Kier molecular flexibility index (Phi) is 3.60. The summed E-state index contributed by atoms with van der Waals surface area (Å²) in [4.78, 5) is 11.3. The van der Waals surface area contributed by atoms with E-state index in [9.17, 15) is 14.3 Å². The van der Waals surface area contributed by atoms with Gasteiger partial charge in [-0.2, -0.15) is 0 Å². The molecule has 1 fully saturated rings. The molecule has 2 aromatic rings. The van der Waals surface area contributed by atoms with Crippen LogP contribution in [0.25, 0.3) is 0 Å². The third-order valence-corrected chi connectivity index (χ3v) is 3.79. The van der Waals surface area contributed by atoms with Crippen molar-refractivity contribution in [2.75, 3.05) is 5.32 Å². The Hall–Kier alpha value is -2.36. The molecule has 1 atom stereocenters. The lowest BCUT2D eigenvalue weighted by atomic mass is 10.0. The first-order valence-corrected chi connectivity index (χ1v) is 6.99. The smallest absolute Gasteiger partial charge is 0.337 e. The Morgan fingerprint density at radius 3 is 2.43 bits per heavy atom. The number of para-hydroxylation sites is 1. The maximum atomic E-state index is 13.1. The Morgan fingerprint density at radius 2 is 1.81 bits per heavy atom. The van der Waals surface area contributed by atoms with Gasteiger partial charge >= 0.3 is 5.97 Å². The van der Waals surface area contributed by atoms with Gasteiger partial charge in [0.1, 0.15) is 5.82 Å². The van der Waals surface area contributed by atoms with Crippen LogP contribution < -0.4 is 5.32 Å². The highest BCUT2D eigenvalue weighted by Crippen LogP contribution is 2.43. The zero-order chi connectivity index (χ0) is 14.8. The average Bonchev–Trinajstić information content (AvgIpc) is 3.31. The minimum atomic E-state index is -0.952. The molecule has 0 aromatic heterocycles. The van der Waals surface area contributed by atoms with Crippen LogP contribution in [-0.4, -0.2) is 11.1 Å². The van der Waals surface area contributed by atoms with Gasteiger partial charge < -0.3 is 10.4 Å². The Bertz CT molecular complexity index is 650. The van der Waals surface area contributed by atoms with Gasteiger partial charge in [-0.15, -0.1) is 0 Å². The maximum Gasteiger partial charge on any atom is 0.337 e. The lowest BCUT2D eigenvalue weighted by Crippen LogP contribution is -2.15. The van der Waals surface area contributed by atoms with Crippen LogP contribution in [0.2, 0.25) is 0 Å². The van der Waals surface area contributed by atoms with Crippen LogP contribution in [0.3, 0.4) is 0 Å². The fourth-order valence-corrected chi connectivity index (χ4v) is 2.54. The Labute approximate surface area is 122 Å². The quantitative estimate of drug-likeness (QED) is 0.870. The predicted molar refractivity (Wildman–Crippen MR) is 78.9 cm³/mol. The van der Waals surface area contributed by atoms with Gasteiger partial charge in [0.2, 0.25) is 0 Å². The standard InChI is InChI=1S/C17H16FNO2/c18-13-9-7-12(8-10-13)16(11-5-6-11)19-15-4-2-1-3-14(15)17(20)21/h1-4,7-11,16,19H,5-6H2,(H,20,21). The molecule has 2 aromatic carbocycles. The van der Waals surface area contributed by atoms with E-state index in [1.807, 2.05) is 6.07 Å². The highest BCUT2D eigenvalue weighted by Gasteiger charge is 2.32. The second kappa shape index (κ2) is 5.56. The minimum absolute atomic E-state index is 0.0195. The number of nitrogens with one attached hydrogen (secondary N) is 1. The molecule has 0 heterocycles. The van der Waals surface area contributed by atoms with E-state index in [0.29, 0.717) is 11.6 Å². The molecule has 0 aliphatic heterocycles. The first-order chi connectivity index (χ1) is 10.1. The first kappa shape index (κ1) is 13.6. The summed E-state index contributed by atoms with van der Waals surface area (Å²) in [5.74, 6) is -0.747. The zero-order valence-electron chi connectivity index (χ0n) is 11.4. The molecule has 2 N–H and O–H groups in total. The lowest BCUT2D eigenvalue weighted by molar-refractivity contribution is 0.0698. The van der Waals surface area contributed by atoms with E-state index in [1.54, 1.807) is 30.3 Å². The Morgan fingerprint density at radius 1 is 1.14 bits per heavy atom. The summed E-state index contributed by atoms with van der Waals surface area (Å²) >= 11 is 0. The summed E-state index contributed by atoms with van der Waals surface area (Å²) in [5.41, 5.74) is 1.84. The molecule has 0 bridgehead atoms. The van der Waals surface area contributed by atoms with E-state index in [-0.39, 0.29) is 17.4 Å². The van der Waals surface area contributed by atoms with E-state index in [2.05, 4.69) is 5.32 Å². The minimum Gasteiger partial charge on any atom is -0.478 e. The molecule has 1 saturated carbocycles. The van der Waals surface area contributed by atoms with Crippen molar-refractivity contribution in [1.29, 1.82) is 0 Å². The molecule has 3 nitrogen and oxygen atoms in total. The summed E-state index contributed by atoms with van der Waals surface area (Å²) in [5, 5.41) is 12.6. The number of carboxylic acid groups (broad SMARTS) is 1. The fraction of sp³-hybridized carbons (Fsp3) is 0.235. The fourth-order valence-electron chi connectivity index (χ4n) is 2.54. The molecular formula is C17H16FNO2. The molecule has 1 aliphatic rings. The van der Waals surface area contributed by atoms with Crippen LogP contribution >= 0.6 is 0 Å².